The van der Waals surface area contributed by atoms with E-state index < -0.39 is 0 Å². The molecule has 1 heterocycles. The molecule has 0 atom stereocenters. The van der Waals surface area contributed by atoms with Crippen LogP contribution >= 0.6 is 11.8 Å². The number of carbonyl (C=O) groups excluding carboxylic acids is 1. The van der Waals surface area contributed by atoms with Gasteiger partial charge < -0.3 is 10.1 Å². The van der Waals surface area contributed by atoms with E-state index in [1.807, 2.05) is 18.7 Å². The molecule has 0 spiro atoms. The van der Waals surface area contributed by atoms with Crippen molar-refractivity contribution < 1.29 is 9.53 Å². The van der Waals surface area contributed by atoms with Crippen LogP contribution in [0.1, 0.15) is 26.2 Å². The van der Waals surface area contributed by atoms with Crippen molar-refractivity contribution in [1.82, 2.24) is 5.32 Å². The minimum absolute atomic E-state index is 0.0599. The molecule has 0 aromatic heterocycles. The van der Waals surface area contributed by atoms with Crippen LogP contribution in [0.2, 0.25) is 0 Å². The average molecular weight is 231 g/mol. The SMILES string of the molecule is CCOC(=O)CCSCC1CCNCC1. The van der Waals surface area contributed by atoms with Gasteiger partial charge in [-0.15, -0.1) is 0 Å². The van der Waals surface area contributed by atoms with Gasteiger partial charge in [0.25, 0.3) is 0 Å². The zero-order chi connectivity index (χ0) is 10.9. The summed E-state index contributed by atoms with van der Waals surface area (Å²) in [5.74, 6) is 2.89. The second-order valence-electron chi connectivity index (χ2n) is 3.82. The maximum Gasteiger partial charge on any atom is 0.306 e. The van der Waals surface area contributed by atoms with E-state index in [-0.39, 0.29) is 5.97 Å². The van der Waals surface area contributed by atoms with Crippen LogP contribution in [0.5, 0.6) is 0 Å². The van der Waals surface area contributed by atoms with E-state index in [0.29, 0.717) is 13.0 Å². The monoisotopic (exact) mass is 231 g/mol. The van der Waals surface area contributed by atoms with E-state index in [2.05, 4.69) is 5.32 Å². The molecule has 1 aliphatic heterocycles. The van der Waals surface area contributed by atoms with Crippen LogP contribution in [0.25, 0.3) is 0 Å². The molecule has 15 heavy (non-hydrogen) atoms. The Morgan fingerprint density at radius 3 is 2.87 bits per heavy atom. The number of nitrogens with one attached hydrogen (secondary N) is 1. The molecule has 1 aliphatic rings. The molecule has 1 rings (SSSR count). The molecule has 0 bridgehead atoms. The molecule has 0 saturated carbocycles. The molecule has 0 aliphatic carbocycles. The first-order valence-electron chi connectivity index (χ1n) is 5.77. The van der Waals surface area contributed by atoms with Gasteiger partial charge in [0, 0.05) is 5.75 Å². The van der Waals surface area contributed by atoms with Crippen molar-refractivity contribution in [3.63, 3.8) is 0 Å². The number of rotatable bonds is 6. The Hall–Kier alpha value is -0.220. The quantitative estimate of drug-likeness (QED) is 0.557. The molecule has 0 aromatic carbocycles. The van der Waals surface area contributed by atoms with Crippen LogP contribution in [0.15, 0.2) is 0 Å². The van der Waals surface area contributed by atoms with Crippen molar-refractivity contribution in [3.05, 3.63) is 0 Å². The predicted molar refractivity (Wildman–Crippen MR) is 64.2 cm³/mol. The van der Waals surface area contributed by atoms with Crippen molar-refractivity contribution >= 4 is 17.7 Å². The van der Waals surface area contributed by atoms with E-state index in [9.17, 15) is 4.79 Å². The first kappa shape index (κ1) is 12.8. The maximum absolute atomic E-state index is 11.0. The van der Waals surface area contributed by atoms with Crippen molar-refractivity contribution in [1.29, 1.82) is 0 Å². The molecular weight excluding hydrogens is 210 g/mol. The highest BCUT2D eigenvalue weighted by molar-refractivity contribution is 7.99. The molecule has 0 aromatic rings. The molecule has 0 amide bonds. The van der Waals surface area contributed by atoms with E-state index >= 15 is 0 Å². The fourth-order valence-electron chi connectivity index (χ4n) is 1.69. The minimum Gasteiger partial charge on any atom is -0.466 e. The van der Waals surface area contributed by atoms with Crippen LogP contribution in [0.4, 0.5) is 0 Å². The summed E-state index contributed by atoms with van der Waals surface area (Å²) < 4.78 is 4.87. The lowest BCUT2D eigenvalue weighted by Gasteiger charge is -2.21. The van der Waals surface area contributed by atoms with Crippen molar-refractivity contribution in [3.8, 4) is 0 Å². The van der Waals surface area contributed by atoms with Gasteiger partial charge in [-0.2, -0.15) is 11.8 Å². The Morgan fingerprint density at radius 2 is 2.20 bits per heavy atom. The summed E-state index contributed by atoms with van der Waals surface area (Å²) in [6.07, 6.45) is 3.13. The minimum atomic E-state index is -0.0599. The van der Waals surface area contributed by atoms with Gasteiger partial charge in [0.05, 0.1) is 13.0 Å². The fourth-order valence-corrected chi connectivity index (χ4v) is 2.83. The summed E-state index contributed by atoms with van der Waals surface area (Å²) in [5, 5.41) is 3.36. The van der Waals surface area contributed by atoms with Crippen LogP contribution in [-0.4, -0.2) is 37.2 Å². The second-order valence-corrected chi connectivity index (χ2v) is 4.97. The first-order valence-corrected chi connectivity index (χ1v) is 6.92. The lowest BCUT2D eigenvalue weighted by molar-refractivity contribution is -0.142. The van der Waals surface area contributed by atoms with Crippen molar-refractivity contribution in [2.24, 2.45) is 5.92 Å². The third kappa shape index (κ3) is 6.05. The van der Waals surface area contributed by atoms with Crippen molar-refractivity contribution in [2.75, 3.05) is 31.2 Å². The van der Waals surface area contributed by atoms with Gasteiger partial charge in [-0.05, 0) is 44.5 Å². The van der Waals surface area contributed by atoms with Gasteiger partial charge in [0.1, 0.15) is 0 Å². The summed E-state index contributed by atoms with van der Waals surface area (Å²) in [4.78, 5) is 11.0. The van der Waals surface area contributed by atoms with Gasteiger partial charge in [0.15, 0.2) is 0 Å². The van der Waals surface area contributed by atoms with Gasteiger partial charge in [-0.3, -0.25) is 4.79 Å². The summed E-state index contributed by atoms with van der Waals surface area (Å²) in [6, 6.07) is 0. The lowest BCUT2D eigenvalue weighted by atomic mass is 10.0. The number of carbonyl (C=O) groups is 1. The van der Waals surface area contributed by atoms with E-state index in [1.54, 1.807) is 0 Å². The summed E-state index contributed by atoms with van der Waals surface area (Å²) in [5.41, 5.74) is 0. The first-order chi connectivity index (χ1) is 7.33. The molecule has 0 radical (unpaired) electrons. The Balaban J connectivity index is 1.93. The van der Waals surface area contributed by atoms with Gasteiger partial charge >= 0.3 is 5.97 Å². The highest BCUT2D eigenvalue weighted by Gasteiger charge is 2.12. The van der Waals surface area contributed by atoms with Crippen LogP contribution < -0.4 is 5.32 Å². The highest BCUT2D eigenvalue weighted by Crippen LogP contribution is 2.18. The number of thioether (sulfide) groups is 1. The fraction of sp³-hybridized carbons (Fsp3) is 0.909. The summed E-state index contributed by atoms with van der Waals surface area (Å²) in [6.45, 7) is 4.66. The number of esters is 1. The second kappa shape index (κ2) is 7.99. The van der Waals surface area contributed by atoms with Crippen LogP contribution in [0, 0.1) is 5.92 Å². The topological polar surface area (TPSA) is 38.3 Å². The predicted octanol–water partition coefficient (Wildman–Crippen LogP) is 1.67. The molecule has 4 heteroatoms. The zero-order valence-electron chi connectivity index (χ0n) is 9.46. The molecule has 0 unspecified atom stereocenters. The third-order valence-corrected chi connectivity index (χ3v) is 3.77. The van der Waals surface area contributed by atoms with Crippen LogP contribution in [0.3, 0.4) is 0 Å². The molecule has 1 N–H and O–H groups in total. The number of hydrogen-bond donors (Lipinski definition) is 1. The molecule has 3 nitrogen and oxygen atoms in total. The third-order valence-electron chi connectivity index (χ3n) is 2.57. The largest absolute Gasteiger partial charge is 0.466 e. The summed E-state index contributed by atoms with van der Waals surface area (Å²) in [7, 11) is 0. The zero-order valence-corrected chi connectivity index (χ0v) is 10.3. The molecule has 1 saturated heterocycles. The highest BCUT2D eigenvalue weighted by atomic mass is 32.2. The van der Waals surface area contributed by atoms with Gasteiger partial charge in [0.2, 0.25) is 0 Å². The van der Waals surface area contributed by atoms with Crippen molar-refractivity contribution in [2.45, 2.75) is 26.2 Å². The van der Waals surface area contributed by atoms with E-state index in [1.165, 1.54) is 18.6 Å². The Bertz CT molecular complexity index is 181. The number of hydrogen-bond acceptors (Lipinski definition) is 4. The average Bonchev–Trinajstić information content (AvgIpc) is 2.26. The normalized spacial score (nSPS) is 17.7. The molecule has 88 valence electrons. The van der Waals surface area contributed by atoms with Gasteiger partial charge in [-0.25, -0.2) is 0 Å². The summed E-state index contributed by atoms with van der Waals surface area (Å²) >= 11 is 1.89. The lowest BCUT2D eigenvalue weighted by Crippen LogP contribution is -2.28. The smallest absolute Gasteiger partial charge is 0.306 e. The Morgan fingerprint density at radius 1 is 1.47 bits per heavy atom. The van der Waals surface area contributed by atoms with Gasteiger partial charge in [-0.1, -0.05) is 0 Å². The standard InChI is InChI=1S/C11H21NO2S/c1-2-14-11(13)5-8-15-9-10-3-6-12-7-4-10/h10,12H,2-9H2,1H3. The number of ether oxygens (including phenoxy) is 1. The maximum atomic E-state index is 11.0. The Labute approximate surface area is 96.3 Å². The van der Waals surface area contributed by atoms with E-state index in [4.69, 9.17) is 4.74 Å². The number of piperidine rings is 1. The van der Waals surface area contributed by atoms with Crippen LogP contribution in [-0.2, 0) is 9.53 Å². The Kier molecular flexibility index (Phi) is 6.85. The van der Waals surface area contributed by atoms with E-state index in [0.717, 1.165) is 24.8 Å². The molecular formula is C11H21NO2S. The molecule has 1 fully saturated rings.